The zero-order valence-electron chi connectivity index (χ0n) is 19.7. The van der Waals surface area contributed by atoms with Crippen molar-refractivity contribution < 1.29 is 19.7 Å². The molecule has 0 saturated heterocycles. The van der Waals surface area contributed by atoms with Crippen molar-refractivity contribution in [3.8, 4) is 40.3 Å². The minimum absolute atomic E-state index is 0.0974. The molecular formula is C29H20N4O4. The molecule has 0 unspecified atom stereocenters. The standard InChI is InChI=1S/C29H20N4O4/c1-36-20-9-6-16(7-10-20)25-21-11-8-19(34)14-24(21)37-29-26(25)28-31-27(32-33(28)15-30-29)22-12-17-4-2-3-5-18(17)13-23(22)35/h2-15,25,34-35H,1H3/t25-/m0/s1. The molecule has 8 heteroatoms. The third-order valence-corrected chi connectivity index (χ3v) is 6.74. The van der Waals surface area contributed by atoms with Crippen molar-refractivity contribution in [2.45, 2.75) is 5.92 Å². The van der Waals surface area contributed by atoms with Crippen LogP contribution < -0.4 is 9.47 Å². The SMILES string of the molecule is COc1ccc([C@H]2c3ccc(O)cc3Oc3ncn4nc(-c5cc6ccccc6cc5O)nc4c32)cc1. The highest BCUT2D eigenvalue weighted by molar-refractivity contribution is 5.89. The molecule has 0 aliphatic carbocycles. The quantitative estimate of drug-likeness (QED) is 0.331. The molecule has 4 aromatic carbocycles. The fraction of sp³-hybridized carbons (Fsp3) is 0.0690. The molecule has 2 N–H and O–H groups in total. The highest BCUT2D eigenvalue weighted by Gasteiger charge is 2.33. The van der Waals surface area contributed by atoms with E-state index in [9.17, 15) is 10.2 Å². The van der Waals surface area contributed by atoms with Crippen LogP contribution >= 0.6 is 0 Å². The van der Waals surface area contributed by atoms with Crippen molar-refractivity contribution in [2.75, 3.05) is 7.11 Å². The predicted octanol–water partition coefficient (Wildman–Crippen LogP) is 5.65. The van der Waals surface area contributed by atoms with E-state index in [1.807, 2.05) is 60.7 Å². The van der Waals surface area contributed by atoms with Gasteiger partial charge in [-0.1, -0.05) is 42.5 Å². The molecule has 0 amide bonds. The van der Waals surface area contributed by atoms with Crippen molar-refractivity contribution in [1.29, 1.82) is 0 Å². The van der Waals surface area contributed by atoms with E-state index in [1.165, 1.54) is 0 Å². The van der Waals surface area contributed by atoms with Gasteiger partial charge < -0.3 is 19.7 Å². The summed E-state index contributed by atoms with van der Waals surface area (Å²) in [7, 11) is 1.63. The Hall–Kier alpha value is -5.11. The van der Waals surface area contributed by atoms with Gasteiger partial charge in [0, 0.05) is 17.5 Å². The van der Waals surface area contributed by atoms with Crippen LogP contribution in [-0.4, -0.2) is 36.9 Å². The summed E-state index contributed by atoms with van der Waals surface area (Å²) in [4.78, 5) is 9.40. The summed E-state index contributed by atoms with van der Waals surface area (Å²) < 4.78 is 13.1. The first-order valence-electron chi connectivity index (χ1n) is 11.7. The van der Waals surface area contributed by atoms with Gasteiger partial charge >= 0.3 is 0 Å². The van der Waals surface area contributed by atoms with Crippen LogP contribution in [-0.2, 0) is 0 Å². The van der Waals surface area contributed by atoms with Crippen LogP contribution in [0.25, 0.3) is 27.8 Å². The highest BCUT2D eigenvalue weighted by atomic mass is 16.5. The maximum absolute atomic E-state index is 10.8. The number of hydrogen-bond acceptors (Lipinski definition) is 7. The maximum Gasteiger partial charge on any atom is 0.228 e. The zero-order chi connectivity index (χ0) is 25.1. The molecule has 37 heavy (non-hydrogen) atoms. The van der Waals surface area contributed by atoms with Gasteiger partial charge in [-0.15, -0.1) is 5.10 Å². The van der Waals surface area contributed by atoms with Crippen LogP contribution in [0.1, 0.15) is 22.6 Å². The van der Waals surface area contributed by atoms with Gasteiger partial charge in [0.05, 0.1) is 18.2 Å². The summed E-state index contributed by atoms with van der Waals surface area (Å²) in [5.41, 5.74) is 3.67. The number of hydrogen-bond donors (Lipinski definition) is 2. The topological polar surface area (TPSA) is 102 Å². The number of rotatable bonds is 3. The van der Waals surface area contributed by atoms with Crippen molar-refractivity contribution >= 4 is 16.4 Å². The normalized spacial score (nSPS) is 14.2. The molecule has 2 aromatic heterocycles. The average molecular weight is 489 g/mol. The fourth-order valence-electron chi connectivity index (χ4n) is 4.97. The van der Waals surface area contributed by atoms with E-state index in [1.54, 1.807) is 36.2 Å². The Morgan fingerprint density at radius 2 is 1.70 bits per heavy atom. The van der Waals surface area contributed by atoms with Crippen LogP contribution in [0, 0.1) is 0 Å². The van der Waals surface area contributed by atoms with Crippen LogP contribution in [0.3, 0.4) is 0 Å². The van der Waals surface area contributed by atoms with Gasteiger partial charge in [0.2, 0.25) is 5.88 Å². The zero-order valence-corrected chi connectivity index (χ0v) is 19.7. The van der Waals surface area contributed by atoms with E-state index < -0.39 is 0 Å². The number of phenolic OH excluding ortho intramolecular Hbond substituents is 2. The Morgan fingerprint density at radius 1 is 0.919 bits per heavy atom. The Balaban J connectivity index is 1.46. The summed E-state index contributed by atoms with van der Waals surface area (Å²) in [5.74, 6) is 1.95. The van der Waals surface area contributed by atoms with E-state index in [0.29, 0.717) is 28.7 Å². The van der Waals surface area contributed by atoms with E-state index >= 15 is 0 Å². The van der Waals surface area contributed by atoms with Crippen molar-refractivity contribution in [1.82, 2.24) is 19.6 Å². The largest absolute Gasteiger partial charge is 0.508 e. The number of ether oxygens (including phenoxy) is 2. The predicted molar refractivity (Wildman–Crippen MR) is 138 cm³/mol. The lowest BCUT2D eigenvalue weighted by atomic mass is 9.84. The number of benzene rings is 4. The number of aromatic nitrogens is 4. The first-order chi connectivity index (χ1) is 18.1. The summed E-state index contributed by atoms with van der Waals surface area (Å²) in [6, 6.07) is 24.3. The molecule has 0 spiro atoms. The highest BCUT2D eigenvalue weighted by Crippen LogP contribution is 2.49. The molecule has 7 rings (SSSR count). The molecular weight excluding hydrogens is 468 g/mol. The lowest BCUT2D eigenvalue weighted by Crippen LogP contribution is -2.15. The molecule has 1 aliphatic heterocycles. The van der Waals surface area contributed by atoms with Gasteiger partial charge in [-0.3, -0.25) is 0 Å². The van der Waals surface area contributed by atoms with Crippen molar-refractivity contribution in [3.05, 3.63) is 102 Å². The molecule has 0 fully saturated rings. The number of aromatic hydroxyl groups is 2. The van der Waals surface area contributed by atoms with Crippen molar-refractivity contribution in [2.24, 2.45) is 0 Å². The van der Waals surface area contributed by atoms with E-state index in [4.69, 9.17) is 14.5 Å². The maximum atomic E-state index is 10.8. The van der Waals surface area contributed by atoms with Gasteiger partial charge in [-0.05, 0) is 46.7 Å². The van der Waals surface area contributed by atoms with Gasteiger partial charge in [0.15, 0.2) is 11.5 Å². The number of fused-ring (bicyclic) bond motifs is 5. The molecule has 1 aliphatic rings. The van der Waals surface area contributed by atoms with E-state index in [-0.39, 0.29) is 17.4 Å². The number of phenols is 2. The molecule has 180 valence electrons. The van der Waals surface area contributed by atoms with Crippen LogP contribution in [0.2, 0.25) is 0 Å². The van der Waals surface area contributed by atoms with Gasteiger partial charge in [0.1, 0.15) is 29.3 Å². The third-order valence-electron chi connectivity index (χ3n) is 6.74. The van der Waals surface area contributed by atoms with Crippen molar-refractivity contribution in [3.63, 3.8) is 0 Å². The number of nitrogens with zero attached hydrogens (tertiary/aromatic N) is 4. The van der Waals surface area contributed by atoms with Crippen LogP contribution in [0.15, 0.2) is 85.2 Å². The number of methoxy groups -OCH3 is 1. The van der Waals surface area contributed by atoms with Crippen LogP contribution in [0.5, 0.6) is 28.9 Å². The molecule has 3 heterocycles. The third kappa shape index (κ3) is 3.34. The van der Waals surface area contributed by atoms with E-state index in [0.717, 1.165) is 33.2 Å². The summed E-state index contributed by atoms with van der Waals surface area (Å²) in [6.45, 7) is 0. The lowest BCUT2D eigenvalue weighted by Gasteiger charge is -2.28. The molecule has 1 atom stereocenters. The monoisotopic (exact) mass is 488 g/mol. The average Bonchev–Trinajstić information content (AvgIpc) is 3.36. The Kier molecular flexibility index (Phi) is 4.56. The Bertz CT molecular complexity index is 1830. The second kappa shape index (κ2) is 7.96. The van der Waals surface area contributed by atoms with Crippen LogP contribution in [0.4, 0.5) is 0 Å². The molecule has 6 aromatic rings. The Morgan fingerprint density at radius 3 is 2.49 bits per heavy atom. The smallest absolute Gasteiger partial charge is 0.228 e. The summed E-state index contributed by atoms with van der Waals surface area (Å²) in [6.07, 6.45) is 1.54. The molecule has 0 radical (unpaired) electrons. The molecule has 0 saturated carbocycles. The van der Waals surface area contributed by atoms with Gasteiger partial charge in [-0.2, -0.15) is 0 Å². The second-order valence-electron chi connectivity index (χ2n) is 8.91. The molecule has 0 bridgehead atoms. The minimum atomic E-state index is -0.288. The second-order valence-corrected chi connectivity index (χ2v) is 8.91. The summed E-state index contributed by atoms with van der Waals surface area (Å²) >= 11 is 0. The first-order valence-corrected chi connectivity index (χ1v) is 11.7. The minimum Gasteiger partial charge on any atom is -0.508 e. The fourth-order valence-corrected chi connectivity index (χ4v) is 4.97. The lowest BCUT2D eigenvalue weighted by molar-refractivity contribution is 0.414. The van der Waals surface area contributed by atoms with E-state index in [2.05, 4.69) is 10.1 Å². The first kappa shape index (κ1) is 21.2. The summed E-state index contributed by atoms with van der Waals surface area (Å²) in [5, 5.41) is 27.4. The molecule has 8 nitrogen and oxygen atoms in total. The van der Waals surface area contributed by atoms with Gasteiger partial charge in [0.25, 0.3) is 0 Å². The Labute approximate surface area is 211 Å². The van der Waals surface area contributed by atoms with Gasteiger partial charge in [-0.25, -0.2) is 14.5 Å².